The molecule has 0 N–H and O–H groups in total. The molecule has 0 saturated carbocycles. The quantitative estimate of drug-likeness (QED) is 0.213. The number of methoxy groups -OCH3 is 2. The molecule has 170 valence electrons. The zero-order valence-electron chi connectivity index (χ0n) is 18.6. The van der Waals surface area contributed by atoms with Crippen LogP contribution in [-0.2, 0) is 5.75 Å². The molecule has 0 atom stereocenters. The molecule has 0 aliphatic rings. The number of hydrogen-bond acceptors (Lipinski definition) is 7. The third kappa shape index (κ3) is 4.30. The summed E-state index contributed by atoms with van der Waals surface area (Å²) in [6.07, 6.45) is 0. The van der Waals surface area contributed by atoms with Crippen molar-refractivity contribution in [2.24, 2.45) is 0 Å². The molecule has 8 heteroatoms. The van der Waals surface area contributed by atoms with E-state index in [2.05, 4.69) is 0 Å². The minimum absolute atomic E-state index is 0.0800. The average molecular weight is 488 g/mol. The molecule has 0 saturated heterocycles. The van der Waals surface area contributed by atoms with Crippen molar-refractivity contribution in [1.29, 1.82) is 0 Å². The van der Waals surface area contributed by atoms with Gasteiger partial charge in [0.05, 0.1) is 36.5 Å². The minimum atomic E-state index is -0.0800. The van der Waals surface area contributed by atoms with Crippen molar-refractivity contribution in [2.45, 2.75) is 10.9 Å². The number of fused-ring (bicyclic) bond motifs is 1. The Bertz CT molecular complexity index is 1510. The van der Waals surface area contributed by atoms with Gasteiger partial charge in [-0.25, -0.2) is 9.97 Å². The molecule has 0 unspecified atom stereocenters. The van der Waals surface area contributed by atoms with Gasteiger partial charge in [0, 0.05) is 16.7 Å². The molecule has 0 radical (unpaired) electrons. The summed E-state index contributed by atoms with van der Waals surface area (Å²) in [7, 11) is 3.24. The molecule has 5 aromatic rings. The number of ether oxygens (including phenoxy) is 2. The van der Waals surface area contributed by atoms with Gasteiger partial charge in [-0.3, -0.25) is 9.36 Å². The van der Waals surface area contributed by atoms with E-state index in [-0.39, 0.29) is 5.56 Å². The lowest BCUT2D eigenvalue weighted by Gasteiger charge is -2.12. The van der Waals surface area contributed by atoms with Crippen molar-refractivity contribution >= 4 is 34.0 Å². The Morgan fingerprint density at radius 3 is 2.47 bits per heavy atom. The molecule has 34 heavy (non-hydrogen) atoms. The monoisotopic (exact) mass is 487 g/mol. The van der Waals surface area contributed by atoms with Crippen molar-refractivity contribution in [1.82, 2.24) is 14.5 Å². The molecule has 5 rings (SSSR count). The SMILES string of the molecule is COc1ccc(-c2nc(CSc3nc4ccccc4c(=O)n3-c3ccccc3)cs2)cc1OC. The first-order chi connectivity index (χ1) is 16.7. The summed E-state index contributed by atoms with van der Waals surface area (Å²) in [4.78, 5) is 22.9. The van der Waals surface area contributed by atoms with Gasteiger partial charge in [-0.1, -0.05) is 42.1 Å². The van der Waals surface area contributed by atoms with Gasteiger partial charge in [0.1, 0.15) is 5.01 Å². The van der Waals surface area contributed by atoms with Gasteiger partial charge in [-0.15, -0.1) is 11.3 Å². The highest BCUT2D eigenvalue weighted by atomic mass is 32.2. The summed E-state index contributed by atoms with van der Waals surface area (Å²) in [6.45, 7) is 0. The van der Waals surface area contributed by atoms with E-state index in [1.165, 1.54) is 11.8 Å². The van der Waals surface area contributed by atoms with Crippen LogP contribution in [0, 0.1) is 0 Å². The van der Waals surface area contributed by atoms with Crippen molar-refractivity contribution in [2.75, 3.05) is 14.2 Å². The average Bonchev–Trinajstić information content (AvgIpc) is 3.37. The fourth-order valence-electron chi connectivity index (χ4n) is 3.63. The topological polar surface area (TPSA) is 66.2 Å². The lowest BCUT2D eigenvalue weighted by Crippen LogP contribution is -2.21. The van der Waals surface area contributed by atoms with E-state index in [0.717, 1.165) is 22.0 Å². The lowest BCUT2D eigenvalue weighted by molar-refractivity contribution is 0.355. The highest BCUT2D eigenvalue weighted by molar-refractivity contribution is 7.98. The molecular weight excluding hydrogens is 466 g/mol. The Morgan fingerprint density at radius 2 is 1.68 bits per heavy atom. The molecule has 0 aliphatic carbocycles. The molecule has 2 heterocycles. The van der Waals surface area contributed by atoms with Crippen LogP contribution in [0.25, 0.3) is 27.2 Å². The molecule has 3 aromatic carbocycles. The van der Waals surface area contributed by atoms with E-state index in [1.807, 2.05) is 78.2 Å². The summed E-state index contributed by atoms with van der Waals surface area (Å²) >= 11 is 3.06. The smallest absolute Gasteiger partial charge is 0.266 e. The number of para-hydroxylation sites is 2. The van der Waals surface area contributed by atoms with Crippen LogP contribution in [0.15, 0.2) is 88.1 Å². The maximum Gasteiger partial charge on any atom is 0.266 e. The number of nitrogens with zero attached hydrogens (tertiary/aromatic N) is 3. The van der Waals surface area contributed by atoms with Crippen molar-refractivity contribution in [3.05, 3.63) is 94.2 Å². The predicted octanol–water partition coefficient (Wildman–Crippen LogP) is 5.82. The van der Waals surface area contributed by atoms with Crippen LogP contribution < -0.4 is 15.0 Å². The highest BCUT2D eigenvalue weighted by Gasteiger charge is 2.15. The van der Waals surface area contributed by atoms with Crippen molar-refractivity contribution in [3.63, 3.8) is 0 Å². The summed E-state index contributed by atoms with van der Waals surface area (Å²) in [5, 5.41) is 4.16. The van der Waals surface area contributed by atoms with Gasteiger partial charge in [0.15, 0.2) is 16.7 Å². The van der Waals surface area contributed by atoms with E-state index in [4.69, 9.17) is 19.4 Å². The van der Waals surface area contributed by atoms with Crippen LogP contribution in [0.5, 0.6) is 11.5 Å². The maximum absolute atomic E-state index is 13.3. The van der Waals surface area contributed by atoms with Crippen LogP contribution in [-0.4, -0.2) is 28.8 Å². The first kappa shape index (κ1) is 22.2. The maximum atomic E-state index is 13.3. The Morgan fingerprint density at radius 1 is 0.912 bits per heavy atom. The third-order valence-corrected chi connectivity index (χ3v) is 7.20. The molecule has 0 bridgehead atoms. The fourth-order valence-corrected chi connectivity index (χ4v) is 5.45. The zero-order valence-corrected chi connectivity index (χ0v) is 20.2. The summed E-state index contributed by atoms with van der Waals surface area (Å²) in [6, 6.07) is 22.8. The molecule has 0 spiro atoms. The fraction of sp³-hybridized carbons (Fsp3) is 0.115. The van der Waals surface area contributed by atoms with E-state index < -0.39 is 0 Å². The van der Waals surface area contributed by atoms with Crippen LogP contribution in [0.4, 0.5) is 0 Å². The van der Waals surface area contributed by atoms with Crippen molar-refractivity contribution in [3.8, 4) is 27.8 Å². The second-order valence-corrected chi connectivity index (χ2v) is 9.19. The molecule has 6 nitrogen and oxygen atoms in total. The van der Waals surface area contributed by atoms with Gasteiger partial charge >= 0.3 is 0 Å². The Balaban J connectivity index is 1.46. The minimum Gasteiger partial charge on any atom is -0.493 e. The summed E-state index contributed by atoms with van der Waals surface area (Å²) in [5.74, 6) is 1.93. The van der Waals surface area contributed by atoms with Crippen LogP contribution in [0.3, 0.4) is 0 Å². The Hall–Kier alpha value is -3.62. The van der Waals surface area contributed by atoms with Crippen LogP contribution >= 0.6 is 23.1 Å². The Labute approximate surface area is 204 Å². The lowest BCUT2D eigenvalue weighted by atomic mass is 10.2. The Kier molecular flexibility index (Phi) is 6.33. The van der Waals surface area contributed by atoms with E-state index in [0.29, 0.717) is 33.3 Å². The van der Waals surface area contributed by atoms with Crippen LogP contribution in [0.2, 0.25) is 0 Å². The van der Waals surface area contributed by atoms with Crippen molar-refractivity contribution < 1.29 is 9.47 Å². The number of hydrogen-bond donors (Lipinski definition) is 0. The third-order valence-electron chi connectivity index (χ3n) is 5.29. The predicted molar refractivity (Wildman–Crippen MR) is 138 cm³/mol. The van der Waals surface area contributed by atoms with Gasteiger partial charge < -0.3 is 9.47 Å². The number of aromatic nitrogens is 3. The summed E-state index contributed by atoms with van der Waals surface area (Å²) < 4.78 is 12.4. The molecule has 0 fully saturated rings. The molecule has 0 amide bonds. The van der Waals surface area contributed by atoms with Gasteiger partial charge in [0.25, 0.3) is 5.56 Å². The first-order valence-electron chi connectivity index (χ1n) is 10.5. The number of benzene rings is 3. The molecule has 0 aliphatic heterocycles. The first-order valence-corrected chi connectivity index (χ1v) is 12.4. The second-order valence-electron chi connectivity index (χ2n) is 7.39. The van der Waals surface area contributed by atoms with Gasteiger partial charge in [-0.05, 0) is 42.5 Å². The second kappa shape index (κ2) is 9.70. The van der Waals surface area contributed by atoms with E-state index in [9.17, 15) is 4.79 Å². The zero-order chi connectivity index (χ0) is 23.5. The summed E-state index contributed by atoms with van der Waals surface area (Å²) in [5.41, 5.74) is 3.28. The van der Waals surface area contributed by atoms with Crippen LogP contribution in [0.1, 0.15) is 5.69 Å². The highest BCUT2D eigenvalue weighted by Crippen LogP contribution is 2.34. The number of thioether (sulfide) groups is 1. The standard InChI is InChI=1S/C26H21N3O3S2/c1-31-22-13-12-17(14-23(22)32-2)24-27-18(15-33-24)16-34-26-28-21-11-7-6-10-20(21)25(30)29(26)19-8-4-3-5-9-19/h3-15H,16H2,1-2H3. The van der Waals surface area contributed by atoms with E-state index >= 15 is 0 Å². The largest absolute Gasteiger partial charge is 0.493 e. The van der Waals surface area contributed by atoms with Gasteiger partial charge in [0.2, 0.25) is 0 Å². The molecular formula is C26H21N3O3S2. The number of rotatable bonds is 7. The van der Waals surface area contributed by atoms with Gasteiger partial charge in [-0.2, -0.15) is 0 Å². The normalized spacial score (nSPS) is 11.0. The van der Waals surface area contributed by atoms with E-state index in [1.54, 1.807) is 30.1 Å². The number of thiazole rings is 1. The molecule has 2 aromatic heterocycles.